The largest absolute Gasteiger partial charge is 0.481 e. The second-order valence-electron chi connectivity index (χ2n) is 10.8. The molecule has 2 aromatic carbocycles. The average molecular weight is 495 g/mol. The van der Waals surface area contributed by atoms with Gasteiger partial charge in [-0.1, -0.05) is 55.5 Å². The van der Waals surface area contributed by atoms with Gasteiger partial charge in [-0.2, -0.15) is 0 Å². The summed E-state index contributed by atoms with van der Waals surface area (Å²) >= 11 is 0. The van der Waals surface area contributed by atoms with Gasteiger partial charge in [0.1, 0.15) is 12.2 Å². The van der Waals surface area contributed by atoms with Crippen molar-refractivity contribution in [2.24, 2.45) is 5.92 Å². The van der Waals surface area contributed by atoms with Gasteiger partial charge in [-0.15, -0.1) is 0 Å². The zero-order valence-corrected chi connectivity index (χ0v) is 21.2. The Morgan fingerprint density at radius 1 is 1.06 bits per heavy atom. The minimum Gasteiger partial charge on any atom is -0.481 e. The molecule has 1 aliphatic heterocycles. The number of ether oxygens (including phenoxy) is 2. The van der Waals surface area contributed by atoms with Gasteiger partial charge in [0.25, 0.3) is 0 Å². The summed E-state index contributed by atoms with van der Waals surface area (Å²) in [6.07, 6.45) is -1.08. The van der Waals surface area contributed by atoms with E-state index in [0.717, 1.165) is 22.3 Å². The van der Waals surface area contributed by atoms with E-state index in [0.29, 0.717) is 0 Å². The Morgan fingerprint density at radius 2 is 1.64 bits per heavy atom. The van der Waals surface area contributed by atoms with Crippen molar-refractivity contribution < 1.29 is 29.0 Å². The molecule has 1 heterocycles. The van der Waals surface area contributed by atoms with Gasteiger partial charge >= 0.3 is 18.2 Å². The van der Waals surface area contributed by atoms with Crippen LogP contribution in [-0.4, -0.2) is 59.0 Å². The lowest BCUT2D eigenvalue weighted by Crippen LogP contribution is -2.62. The number of carbonyl (C=O) groups excluding carboxylic acids is 2. The van der Waals surface area contributed by atoms with Crippen molar-refractivity contribution in [2.45, 2.75) is 57.6 Å². The van der Waals surface area contributed by atoms with Crippen LogP contribution in [0.3, 0.4) is 0 Å². The van der Waals surface area contributed by atoms with E-state index in [1.165, 1.54) is 0 Å². The minimum atomic E-state index is -1.03. The van der Waals surface area contributed by atoms with Crippen LogP contribution in [0.1, 0.15) is 57.6 Å². The summed E-state index contributed by atoms with van der Waals surface area (Å²) < 4.78 is 11.2. The molecule has 1 fully saturated rings. The van der Waals surface area contributed by atoms with Crippen molar-refractivity contribution in [1.29, 1.82) is 0 Å². The molecule has 0 spiro atoms. The fourth-order valence-corrected chi connectivity index (χ4v) is 5.27. The first kappa shape index (κ1) is 25.5. The summed E-state index contributed by atoms with van der Waals surface area (Å²) in [6, 6.07) is 16.1. The molecule has 2 atom stereocenters. The third-order valence-electron chi connectivity index (χ3n) is 7.08. The van der Waals surface area contributed by atoms with Crippen LogP contribution in [0.15, 0.2) is 48.5 Å². The van der Waals surface area contributed by atoms with Gasteiger partial charge in [-0.25, -0.2) is 9.59 Å². The lowest BCUT2D eigenvalue weighted by atomic mass is 9.76. The van der Waals surface area contributed by atoms with Gasteiger partial charge < -0.3 is 24.8 Å². The van der Waals surface area contributed by atoms with Gasteiger partial charge in [0.05, 0.1) is 12.0 Å². The molecule has 2 N–H and O–H groups in total. The van der Waals surface area contributed by atoms with E-state index in [4.69, 9.17) is 9.47 Å². The Labute approximate surface area is 211 Å². The van der Waals surface area contributed by atoms with E-state index >= 15 is 0 Å². The number of likely N-dealkylation sites (tertiary alicyclic amines) is 1. The number of rotatable bonds is 5. The second kappa shape index (κ2) is 9.84. The lowest BCUT2D eigenvalue weighted by molar-refractivity contribution is -0.139. The van der Waals surface area contributed by atoms with Crippen LogP contribution in [0, 0.1) is 5.92 Å². The highest BCUT2D eigenvalue weighted by Crippen LogP contribution is 2.44. The molecule has 1 aliphatic carbocycles. The Kier molecular flexibility index (Phi) is 6.98. The molecular formula is C28H34N2O6. The molecule has 36 heavy (non-hydrogen) atoms. The molecule has 192 valence electrons. The number of amides is 2. The molecule has 2 aromatic rings. The van der Waals surface area contributed by atoms with Crippen LogP contribution in [0.2, 0.25) is 0 Å². The average Bonchev–Trinajstić information content (AvgIpc) is 3.12. The summed E-state index contributed by atoms with van der Waals surface area (Å²) in [5, 5.41) is 12.5. The first-order valence-corrected chi connectivity index (χ1v) is 12.3. The lowest BCUT2D eigenvalue weighted by Gasteiger charge is -2.46. The van der Waals surface area contributed by atoms with Crippen molar-refractivity contribution >= 4 is 18.2 Å². The van der Waals surface area contributed by atoms with Crippen LogP contribution < -0.4 is 5.32 Å². The normalized spacial score (nSPS) is 21.3. The molecule has 2 aliphatic rings. The number of fused-ring (bicyclic) bond motifs is 3. The Morgan fingerprint density at radius 3 is 2.17 bits per heavy atom. The van der Waals surface area contributed by atoms with Gasteiger partial charge in [-0.05, 0) is 55.4 Å². The molecule has 0 bridgehead atoms. The summed E-state index contributed by atoms with van der Waals surface area (Å²) in [4.78, 5) is 38.8. The number of piperidine rings is 1. The van der Waals surface area contributed by atoms with Crippen molar-refractivity contribution in [3.05, 3.63) is 59.7 Å². The highest BCUT2D eigenvalue weighted by Gasteiger charge is 2.45. The van der Waals surface area contributed by atoms with Gasteiger partial charge in [-0.3, -0.25) is 4.79 Å². The number of carboxylic acid groups (broad SMARTS) is 1. The van der Waals surface area contributed by atoms with Crippen LogP contribution in [0.5, 0.6) is 0 Å². The monoisotopic (exact) mass is 494 g/mol. The van der Waals surface area contributed by atoms with E-state index in [1.807, 2.05) is 43.3 Å². The first-order chi connectivity index (χ1) is 17.0. The number of carboxylic acids is 1. The van der Waals surface area contributed by atoms with Crippen LogP contribution in [-0.2, 0) is 14.3 Å². The third kappa shape index (κ3) is 5.32. The number of aliphatic carboxylic acids is 1. The topological polar surface area (TPSA) is 105 Å². The smallest absolute Gasteiger partial charge is 0.410 e. The molecule has 2 unspecified atom stereocenters. The molecule has 0 aromatic heterocycles. The summed E-state index contributed by atoms with van der Waals surface area (Å²) in [5.74, 6) is -1.44. The van der Waals surface area contributed by atoms with E-state index in [9.17, 15) is 19.5 Å². The quantitative estimate of drug-likeness (QED) is 0.605. The number of nitrogens with zero attached hydrogens (tertiary/aromatic N) is 1. The summed E-state index contributed by atoms with van der Waals surface area (Å²) in [6.45, 7) is 7.91. The van der Waals surface area contributed by atoms with Crippen LogP contribution >= 0.6 is 0 Å². The molecule has 0 radical (unpaired) electrons. The Hall–Kier alpha value is -3.55. The molecular weight excluding hydrogens is 460 g/mol. The fraction of sp³-hybridized carbons (Fsp3) is 0.464. The van der Waals surface area contributed by atoms with Crippen molar-refractivity contribution in [2.75, 3.05) is 19.7 Å². The SMILES string of the molecule is CC1CN(C(=O)OC(C)(C)C)CCC1(CC(=O)O)NC(=O)OCC1c2ccccc2-c2ccccc21. The fourth-order valence-electron chi connectivity index (χ4n) is 5.27. The van der Waals surface area contributed by atoms with Crippen molar-refractivity contribution in [3.8, 4) is 11.1 Å². The second-order valence-corrected chi connectivity index (χ2v) is 10.8. The van der Waals surface area contributed by atoms with Gasteiger partial charge in [0.2, 0.25) is 0 Å². The maximum absolute atomic E-state index is 13.0. The van der Waals surface area contributed by atoms with Crippen molar-refractivity contribution in [3.63, 3.8) is 0 Å². The number of hydrogen-bond acceptors (Lipinski definition) is 5. The Balaban J connectivity index is 1.44. The molecule has 2 amide bonds. The maximum atomic E-state index is 13.0. The third-order valence-corrected chi connectivity index (χ3v) is 7.08. The molecule has 8 heteroatoms. The van der Waals surface area contributed by atoms with Gasteiger partial charge in [0, 0.05) is 19.0 Å². The van der Waals surface area contributed by atoms with Crippen LogP contribution in [0.25, 0.3) is 11.1 Å². The number of benzene rings is 2. The van der Waals surface area contributed by atoms with E-state index in [-0.39, 0.29) is 44.4 Å². The zero-order valence-electron chi connectivity index (χ0n) is 21.2. The Bertz CT molecular complexity index is 1110. The number of hydrogen-bond donors (Lipinski definition) is 2. The molecule has 8 nitrogen and oxygen atoms in total. The van der Waals surface area contributed by atoms with E-state index in [2.05, 4.69) is 17.4 Å². The number of carbonyl (C=O) groups is 3. The van der Waals surface area contributed by atoms with Gasteiger partial charge in [0.15, 0.2) is 0 Å². The highest BCUT2D eigenvalue weighted by molar-refractivity contribution is 5.79. The number of nitrogens with one attached hydrogen (secondary N) is 1. The molecule has 4 rings (SSSR count). The predicted molar refractivity (Wildman–Crippen MR) is 135 cm³/mol. The summed E-state index contributed by atoms with van der Waals surface area (Å²) in [7, 11) is 0. The predicted octanol–water partition coefficient (Wildman–Crippen LogP) is 5.02. The minimum absolute atomic E-state index is 0.0926. The van der Waals surface area contributed by atoms with E-state index < -0.39 is 29.3 Å². The first-order valence-electron chi connectivity index (χ1n) is 12.3. The maximum Gasteiger partial charge on any atom is 0.410 e. The standard InChI is InChI=1S/C28H34N2O6/c1-18-16-30(26(34)36-27(2,3)4)14-13-28(18,15-24(31)32)29-25(33)35-17-23-21-11-7-5-9-19(21)20-10-6-8-12-22(20)23/h5-12,18,23H,13-17H2,1-4H3,(H,29,33)(H,31,32). The van der Waals surface area contributed by atoms with Crippen molar-refractivity contribution in [1.82, 2.24) is 10.2 Å². The highest BCUT2D eigenvalue weighted by atomic mass is 16.6. The molecule has 1 saturated heterocycles. The van der Waals surface area contributed by atoms with E-state index in [1.54, 1.807) is 25.7 Å². The van der Waals surface area contributed by atoms with Crippen LogP contribution in [0.4, 0.5) is 9.59 Å². The number of alkyl carbamates (subject to hydrolysis) is 1. The summed E-state index contributed by atoms with van der Waals surface area (Å²) in [5.41, 5.74) is 2.80. The zero-order chi connectivity index (χ0) is 26.1. The molecule has 0 saturated carbocycles.